The number of methoxy groups -OCH3 is 1. The van der Waals surface area contributed by atoms with Crippen LogP contribution >= 0.6 is 11.3 Å². The molecule has 0 saturated carbocycles. The molecular formula is C105H104N10O16S. The molecule has 7 atom stereocenters. The normalized spacial score (nSPS) is 16.5. The third kappa shape index (κ3) is 22.7. The molecule has 20 rings (SSSR count). The number of rotatable bonds is 15. The monoisotopic (exact) mass is 1790 g/mol. The van der Waals surface area contributed by atoms with E-state index in [0.717, 1.165) is 125 Å². The van der Waals surface area contributed by atoms with E-state index in [4.69, 9.17) is 49.4 Å². The number of amides is 1. The maximum atomic E-state index is 12.5. The summed E-state index contributed by atoms with van der Waals surface area (Å²) in [5, 5.41) is 81.8. The lowest BCUT2D eigenvalue weighted by atomic mass is 9.76. The molecule has 26 nitrogen and oxygen atoms in total. The van der Waals surface area contributed by atoms with Crippen molar-refractivity contribution in [3.05, 3.63) is 367 Å². The molecule has 5 aliphatic rings. The molecule has 1 fully saturated rings. The number of hydrogen-bond donors (Lipinski definition) is 12. The molecule has 15 aromatic rings. The van der Waals surface area contributed by atoms with E-state index in [9.17, 15) is 34.8 Å². The molecule has 0 radical (unpaired) electrons. The topological polar surface area (TPSA) is 390 Å². The number of aromatic hydroxyl groups is 2. The second-order valence-corrected chi connectivity index (χ2v) is 33.0. The average Bonchev–Trinajstić information content (AvgIpc) is 1.59. The van der Waals surface area contributed by atoms with E-state index in [0.29, 0.717) is 52.6 Å². The largest absolute Gasteiger partial charge is 0.504 e. The number of thiazole rings is 1. The van der Waals surface area contributed by atoms with Gasteiger partial charge in [0.25, 0.3) is 0 Å². The number of benzene rings is 11. The number of aliphatic hydroxyl groups is 3. The predicted molar refractivity (Wildman–Crippen MR) is 522 cm³/mol. The number of fused-ring (bicyclic) bond motifs is 7. The Bertz CT molecular complexity index is 6790. The van der Waals surface area contributed by atoms with Crippen LogP contribution in [0.1, 0.15) is 109 Å². The van der Waals surface area contributed by atoms with Crippen molar-refractivity contribution in [3.63, 3.8) is 0 Å². The minimum Gasteiger partial charge on any atom is -0.504 e. The summed E-state index contributed by atoms with van der Waals surface area (Å²) in [6, 6.07) is 78.4. The Labute approximate surface area is 767 Å². The number of oxazole rings is 1. The van der Waals surface area contributed by atoms with Gasteiger partial charge in [-0.3, -0.25) is 9.59 Å². The summed E-state index contributed by atoms with van der Waals surface area (Å²) in [5.74, 6) is 2.44. The molecule has 1 saturated heterocycles. The lowest BCUT2D eigenvalue weighted by Crippen LogP contribution is -2.36. The number of aromatic nitrogens is 3. The van der Waals surface area contributed by atoms with Gasteiger partial charge in [-0.1, -0.05) is 168 Å². The van der Waals surface area contributed by atoms with Gasteiger partial charge >= 0.3 is 5.97 Å². The first-order valence-electron chi connectivity index (χ1n) is 42.8. The highest BCUT2D eigenvalue weighted by atomic mass is 32.1. The van der Waals surface area contributed by atoms with Gasteiger partial charge in [-0.05, 0) is 246 Å². The molecule has 0 bridgehead atoms. The number of nitrogens with zero attached hydrogens (tertiary/aromatic N) is 5. The van der Waals surface area contributed by atoms with Crippen LogP contribution in [0.4, 0.5) is 33.6 Å². The van der Waals surface area contributed by atoms with Gasteiger partial charge in [-0.25, -0.2) is 19.8 Å². The van der Waals surface area contributed by atoms with Gasteiger partial charge in [0, 0.05) is 68.5 Å². The number of nitrogen functional groups attached to an aromatic ring is 1. The zero-order valence-corrected chi connectivity index (χ0v) is 75.1. The van der Waals surface area contributed by atoms with E-state index < -0.39 is 30.5 Å². The molecule has 13 N–H and O–H groups in total. The molecule has 0 spiro atoms. The summed E-state index contributed by atoms with van der Waals surface area (Å²) >= 11 is 1.48. The molecule has 1 amide bonds. The number of phenolic OH excluding ortho intramolecular Hbond substituents is 2. The predicted octanol–water partition coefficient (Wildman–Crippen LogP) is 20.9. The Kier molecular flexibility index (Phi) is 31.2. The zero-order valence-electron chi connectivity index (χ0n) is 74.3. The van der Waals surface area contributed by atoms with Crippen LogP contribution in [0.3, 0.4) is 0 Å². The third-order valence-corrected chi connectivity index (χ3v) is 23.7. The molecule has 4 aliphatic heterocycles. The highest BCUT2D eigenvalue weighted by Crippen LogP contribution is 2.51. The number of aryl methyl sites for hydroxylation is 9. The molecule has 27 heteroatoms. The highest BCUT2D eigenvalue weighted by Gasteiger charge is 2.43. The summed E-state index contributed by atoms with van der Waals surface area (Å²) in [5.41, 5.74) is 29.0. The number of phenols is 2. The van der Waals surface area contributed by atoms with Gasteiger partial charge < -0.3 is 90.8 Å². The van der Waals surface area contributed by atoms with Gasteiger partial charge in [0.1, 0.15) is 41.1 Å². The maximum absolute atomic E-state index is 12.5. The molecule has 4 unspecified atom stereocenters. The molecule has 676 valence electrons. The number of anilines is 5. The Hall–Kier alpha value is -15.3. The number of hydrogen-bond acceptors (Lipinski definition) is 23. The lowest BCUT2D eigenvalue weighted by molar-refractivity contribution is -0.105. The van der Waals surface area contributed by atoms with Gasteiger partial charge in [-0.15, -0.1) is 4.91 Å². The van der Waals surface area contributed by atoms with E-state index >= 15 is 0 Å². The summed E-state index contributed by atoms with van der Waals surface area (Å²) in [4.78, 5) is 54.8. The van der Waals surface area contributed by atoms with Crippen LogP contribution in [-0.2, 0) is 22.4 Å². The number of nitrogens with two attached hydrogens (primary N) is 1. The lowest BCUT2D eigenvalue weighted by Gasteiger charge is -2.37. The van der Waals surface area contributed by atoms with Crippen molar-refractivity contribution in [2.75, 3.05) is 47.3 Å². The van der Waals surface area contributed by atoms with Crippen LogP contribution in [-0.4, -0.2) is 114 Å². The quantitative estimate of drug-likeness (QED) is 0.0113. The zero-order chi connectivity index (χ0) is 93.8. The van der Waals surface area contributed by atoms with Crippen molar-refractivity contribution in [3.8, 4) is 34.4 Å². The molecular weight excluding hydrogens is 1690 g/mol. The second kappa shape index (κ2) is 43.7. The van der Waals surface area contributed by atoms with E-state index in [1.807, 2.05) is 150 Å². The van der Waals surface area contributed by atoms with Gasteiger partial charge in [0.05, 0.1) is 59.6 Å². The van der Waals surface area contributed by atoms with Crippen molar-refractivity contribution in [2.24, 2.45) is 16.3 Å². The first-order chi connectivity index (χ1) is 63.7. The Balaban J connectivity index is 0.000000131. The number of aliphatic imine (C=N–C) groups is 1. The third-order valence-electron chi connectivity index (χ3n) is 22.7. The SMILES string of the molecule is C1=Nc2cccc3cccc(c23)N1.C=C1C=C(c2ccc(OC)cc2)c2ccc(O)c(O)c2O1.CCOc1cccc(=O)c2c(C)n(-c3ccc(C)cc3)c(C)c12.Cc1ccc(CCc2nc3cc(N)ccc3o2)cc1.Cc1ccc2c(c1)[C@@H]1C=CC[C@@H]1[C@H](c1ccc(C(=O)O)cc1)N2.Cc1ccc2nc(NC=O)sc2c1.Cc1cccc(NC2OC(CO)C(O)C2O)c1.O=NO. The first kappa shape index (κ1) is 94.4. The first-order valence-corrected chi connectivity index (χ1v) is 43.6. The van der Waals surface area contributed by atoms with Crippen molar-refractivity contribution in [2.45, 2.75) is 111 Å². The van der Waals surface area contributed by atoms with Crippen LogP contribution in [0, 0.1) is 59.3 Å². The maximum Gasteiger partial charge on any atom is 0.335 e. The Morgan fingerprint density at radius 1 is 0.720 bits per heavy atom. The number of aromatic carboxylic acids is 1. The molecule has 132 heavy (non-hydrogen) atoms. The molecule has 3 aromatic heterocycles. The van der Waals surface area contributed by atoms with Crippen LogP contribution in [0.15, 0.2) is 293 Å². The average molecular weight is 1790 g/mol. The van der Waals surface area contributed by atoms with Crippen molar-refractivity contribution in [1.82, 2.24) is 14.5 Å². The van der Waals surface area contributed by atoms with E-state index in [1.54, 1.807) is 49.9 Å². The smallest absolute Gasteiger partial charge is 0.335 e. The minimum atomic E-state index is -1.07. The minimum absolute atomic E-state index is 0.0254. The fourth-order valence-electron chi connectivity index (χ4n) is 16.2. The fourth-order valence-corrected chi connectivity index (χ4v) is 17.2. The summed E-state index contributed by atoms with van der Waals surface area (Å²) < 4.78 is 30.6. The standard InChI is InChI=1S/C20H19NO2.C20H21NO2.C17H14O4.C16H16N2O.C12H17NO4.C11H8N2.C9H8N2OS.HNO2/c1-12-5-10-18-17(11-12)15-3-2-4-16(15)19(21-18)13-6-8-14(9-7-13)20(22)23;1-5-23-18-8-6-7-17(22)19-14(3)21(15(4)20(18)19)16-11-9-13(2)10-12-16;1-10-9-14(11-3-5-12(20-2)6-4-11)13-7-8-15(18)16(19)17(13)21-10;1-11-2-4-12(5-3-11)6-9-16-18-14-10-13(17)7-8-15(14)19-16;1-7-3-2-4-8(5-7)13-12-11(16)10(15)9(6-14)17-12;1-3-8-4-2-6-10-11(8)9(5-1)12-7-13-10;1-6-2-3-7-8(4-6)13-9(11-7)10-5-12;2-1-3/h2-3,5-11,15-16,19,21H,4H2,1H3,(H,22,23);6-12H,5H2,1-4H3;3-9,18-19H,1H2,2H3;2-5,7-8,10H,6,9,17H2,1H3;2-5,9-16H,6H2,1H3;1-7H,(H,12,13);2-5H,1H3,(H,10,11,12);(H,2,3)/t15-,16+,19+;;;;;;;/m1......./s1. The van der Waals surface area contributed by atoms with Crippen molar-refractivity contribution >= 4 is 112 Å². The number of carboxylic acid groups (broad SMARTS) is 1. The van der Waals surface area contributed by atoms with Crippen molar-refractivity contribution < 1.29 is 68.8 Å². The van der Waals surface area contributed by atoms with Crippen molar-refractivity contribution in [1.29, 1.82) is 0 Å². The number of nitrogens with one attached hydrogen (secondary N) is 4. The Morgan fingerprint density at radius 3 is 2.10 bits per heavy atom. The van der Waals surface area contributed by atoms with E-state index in [1.165, 1.54) is 72.6 Å². The summed E-state index contributed by atoms with van der Waals surface area (Å²) in [6.45, 7) is 20.3. The molecule has 12 aromatic carbocycles. The number of carboxylic acids is 1. The Morgan fingerprint density at radius 2 is 1.40 bits per heavy atom. The summed E-state index contributed by atoms with van der Waals surface area (Å²) in [6.07, 6.45) is 7.99. The fraction of sp³-hybridized carbons (Fsp3) is 0.200. The number of carbonyl (C=O) groups is 2. The van der Waals surface area contributed by atoms with E-state index in [-0.39, 0.29) is 35.3 Å². The van der Waals surface area contributed by atoms with E-state index in [2.05, 4.69) is 171 Å². The van der Waals surface area contributed by atoms with Gasteiger partial charge in [0.2, 0.25) is 12.2 Å². The highest BCUT2D eigenvalue weighted by molar-refractivity contribution is 7.22. The summed E-state index contributed by atoms with van der Waals surface area (Å²) in [7, 11) is 1.61. The number of allylic oxidation sites excluding steroid dienone is 3. The number of carbonyl (C=O) groups excluding carboxylic acids is 1. The second-order valence-electron chi connectivity index (χ2n) is 31.9. The van der Waals surface area contributed by atoms with Crippen LogP contribution in [0.2, 0.25) is 0 Å². The van der Waals surface area contributed by atoms with Crippen LogP contribution in [0.5, 0.6) is 28.7 Å². The van der Waals surface area contributed by atoms with Crippen LogP contribution in [0.25, 0.3) is 54.1 Å². The molecule has 1 aliphatic carbocycles. The van der Waals surface area contributed by atoms with Gasteiger partial charge in [0.15, 0.2) is 45.1 Å². The van der Waals surface area contributed by atoms with Gasteiger partial charge in [-0.2, -0.15) is 0 Å². The van der Waals surface area contributed by atoms with Crippen LogP contribution < -0.4 is 46.6 Å². The number of ether oxygens (including phenoxy) is 4. The number of aliphatic hydroxyl groups excluding tert-OH is 3. The molecule has 7 heterocycles.